The Bertz CT molecular complexity index is 593. The molecule has 2 rings (SSSR count). The lowest BCUT2D eigenvalue weighted by Gasteiger charge is -2.15. The zero-order chi connectivity index (χ0) is 15.2. The number of nitrogens with zero attached hydrogens (tertiary/aromatic N) is 2. The van der Waals surface area contributed by atoms with E-state index in [9.17, 15) is 0 Å². The molecule has 0 radical (unpaired) electrons. The van der Waals surface area contributed by atoms with Crippen LogP contribution in [0, 0.1) is 0 Å². The molecule has 1 aromatic carbocycles. The van der Waals surface area contributed by atoms with E-state index < -0.39 is 0 Å². The second-order valence-electron chi connectivity index (χ2n) is 5.31. The minimum atomic E-state index is 0.467. The maximum Gasteiger partial charge on any atom is 0.136 e. The first kappa shape index (κ1) is 15.3. The summed E-state index contributed by atoms with van der Waals surface area (Å²) in [5.74, 6) is 3.02. The first-order valence-electron chi connectivity index (χ1n) is 7.61. The number of para-hydroxylation sites is 1. The van der Waals surface area contributed by atoms with E-state index in [1.807, 2.05) is 12.1 Å². The topological polar surface area (TPSA) is 49.8 Å². The highest BCUT2D eigenvalue weighted by Gasteiger charge is 2.08. The molecule has 2 N–H and O–H groups in total. The number of rotatable bonds is 6. The van der Waals surface area contributed by atoms with E-state index >= 15 is 0 Å². The Labute approximate surface area is 127 Å². The van der Waals surface area contributed by atoms with E-state index in [2.05, 4.69) is 66.5 Å². The molecule has 0 aliphatic carbocycles. The molecule has 4 nitrogen and oxygen atoms in total. The second kappa shape index (κ2) is 7.07. The van der Waals surface area contributed by atoms with Crippen LogP contribution < -0.4 is 10.6 Å². The quantitative estimate of drug-likeness (QED) is 0.828. The molecule has 0 spiro atoms. The molecule has 21 heavy (non-hydrogen) atoms. The van der Waals surface area contributed by atoms with Gasteiger partial charge in [0.05, 0.1) is 0 Å². The summed E-state index contributed by atoms with van der Waals surface area (Å²) >= 11 is 0. The molecule has 0 atom stereocenters. The minimum absolute atomic E-state index is 0.467. The Hall–Kier alpha value is -2.10. The maximum atomic E-state index is 4.57. The maximum absolute atomic E-state index is 4.57. The largest absolute Gasteiger partial charge is 0.370 e. The van der Waals surface area contributed by atoms with Crippen molar-refractivity contribution in [3.05, 3.63) is 41.7 Å². The molecule has 0 fully saturated rings. The fourth-order valence-corrected chi connectivity index (χ4v) is 2.24. The van der Waals surface area contributed by atoms with E-state index in [0.29, 0.717) is 5.92 Å². The Morgan fingerprint density at radius 1 is 1.05 bits per heavy atom. The van der Waals surface area contributed by atoms with Crippen molar-refractivity contribution in [1.29, 1.82) is 0 Å². The molecular weight excluding hydrogens is 260 g/mol. The summed E-state index contributed by atoms with van der Waals surface area (Å²) in [7, 11) is 0. The van der Waals surface area contributed by atoms with Crippen LogP contribution in [0.2, 0.25) is 0 Å². The third kappa shape index (κ3) is 3.94. The van der Waals surface area contributed by atoms with Crippen molar-refractivity contribution >= 4 is 17.3 Å². The smallest absolute Gasteiger partial charge is 0.136 e. The van der Waals surface area contributed by atoms with E-state index in [1.54, 1.807) is 0 Å². The van der Waals surface area contributed by atoms with Gasteiger partial charge in [-0.05, 0) is 24.5 Å². The number of anilines is 3. The van der Waals surface area contributed by atoms with Gasteiger partial charge < -0.3 is 10.6 Å². The third-order valence-electron chi connectivity index (χ3n) is 3.29. The van der Waals surface area contributed by atoms with Gasteiger partial charge in [-0.1, -0.05) is 39.0 Å². The molecule has 0 bridgehead atoms. The first-order valence-corrected chi connectivity index (χ1v) is 7.61. The molecule has 0 aliphatic heterocycles. The molecule has 2 aromatic rings. The van der Waals surface area contributed by atoms with Crippen LogP contribution >= 0.6 is 0 Å². The lowest BCUT2D eigenvalue weighted by atomic mass is 10.0. The molecule has 0 amide bonds. The lowest BCUT2D eigenvalue weighted by Crippen LogP contribution is -2.06. The number of aromatic nitrogens is 2. The number of hydrogen-bond acceptors (Lipinski definition) is 4. The number of aryl methyl sites for hydroxylation is 1. The average Bonchev–Trinajstić information content (AvgIpc) is 2.47. The van der Waals surface area contributed by atoms with Crippen molar-refractivity contribution in [1.82, 2.24) is 9.97 Å². The van der Waals surface area contributed by atoms with Gasteiger partial charge in [0.25, 0.3) is 0 Å². The number of benzene rings is 1. The third-order valence-corrected chi connectivity index (χ3v) is 3.29. The zero-order valence-corrected chi connectivity index (χ0v) is 13.3. The van der Waals surface area contributed by atoms with Gasteiger partial charge in [-0.15, -0.1) is 0 Å². The molecular formula is C17H24N4. The standard InChI is InChI=1S/C17H24N4/c1-5-15-20-16(18-6-2)11-17(21-15)19-14-10-8-7-9-13(14)12(3)4/h7-12H,5-6H2,1-4H3,(H2,18,19,20,21). The van der Waals surface area contributed by atoms with Crippen molar-refractivity contribution < 1.29 is 0 Å². The van der Waals surface area contributed by atoms with Crippen molar-refractivity contribution in [2.24, 2.45) is 0 Å². The van der Waals surface area contributed by atoms with E-state index in [4.69, 9.17) is 0 Å². The van der Waals surface area contributed by atoms with E-state index in [0.717, 1.165) is 36.1 Å². The SMILES string of the molecule is CCNc1cc(Nc2ccccc2C(C)C)nc(CC)n1. The van der Waals surface area contributed by atoms with Gasteiger partial charge in [0.1, 0.15) is 17.5 Å². The summed E-state index contributed by atoms with van der Waals surface area (Å²) in [6.07, 6.45) is 0.819. The predicted molar refractivity (Wildman–Crippen MR) is 89.4 cm³/mol. The van der Waals surface area contributed by atoms with E-state index in [1.165, 1.54) is 5.56 Å². The van der Waals surface area contributed by atoms with Crippen LogP contribution in [0.3, 0.4) is 0 Å². The van der Waals surface area contributed by atoms with Crippen molar-refractivity contribution in [3.8, 4) is 0 Å². The van der Waals surface area contributed by atoms with Gasteiger partial charge >= 0.3 is 0 Å². The highest BCUT2D eigenvalue weighted by molar-refractivity contribution is 5.63. The van der Waals surface area contributed by atoms with Crippen molar-refractivity contribution in [2.45, 2.75) is 40.0 Å². The highest BCUT2D eigenvalue weighted by Crippen LogP contribution is 2.26. The van der Waals surface area contributed by atoms with Crippen LogP contribution in [0.15, 0.2) is 30.3 Å². The Morgan fingerprint density at radius 2 is 1.76 bits per heavy atom. The van der Waals surface area contributed by atoms with Gasteiger partial charge in [-0.3, -0.25) is 0 Å². The average molecular weight is 284 g/mol. The van der Waals surface area contributed by atoms with Crippen molar-refractivity contribution in [2.75, 3.05) is 17.2 Å². The van der Waals surface area contributed by atoms with E-state index in [-0.39, 0.29) is 0 Å². The van der Waals surface area contributed by atoms with Gasteiger partial charge in [0, 0.05) is 24.7 Å². The summed E-state index contributed by atoms with van der Waals surface area (Å²) in [4.78, 5) is 9.05. The molecule has 1 heterocycles. The minimum Gasteiger partial charge on any atom is -0.370 e. The van der Waals surface area contributed by atoms with Crippen LogP contribution in [0.1, 0.15) is 45.0 Å². The molecule has 0 unspecified atom stereocenters. The zero-order valence-electron chi connectivity index (χ0n) is 13.3. The van der Waals surface area contributed by atoms with Crippen LogP contribution in [-0.2, 0) is 6.42 Å². The second-order valence-corrected chi connectivity index (χ2v) is 5.31. The molecule has 0 saturated heterocycles. The molecule has 4 heteroatoms. The summed E-state index contributed by atoms with van der Waals surface area (Å²) in [5.41, 5.74) is 2.40. The fourth-order valence-electron chi connectivity index (χ4n) is 2.24. The highest BCUT2D eigenvalue weighted by atomic mass is 15.1. The normalized spacial score (nSPS) is 10.7. The molecule has 112 valence electrons. The van der Waals surface area contributed by atoms with Crippen molar-refractivity contribution in [3.63, 3.8) is 0 Å². The molecule has 0 saturated carbocycles. The molecule has 1 aromatic heterocycles. The van der Waals surface area contributed by atoms with Crippen LogP contribution in [0.4, 0.5) is 17.3 Å². The van der Waals surface area contributed by atoms with Gasteiger partial charge in [-0.2, -0.15) is 0 Å². The van der Waals surface area contributed by atoms with Crippen LogP contribution in [0.5, 0.6) is 0 Å². The Morgan fingerprint density at radius 3 is 2.43 bits per heavy atom. The first-order chi connectivity index (χ1) is 10.1. The Kier molecular flexibility index (Phi) is 5.14. The fraction of sp³-hybridized carbons (Fsp3) is 0.412. The number of nitrogens with one attached hydrogen (secondary N) is 2. The van der Waals surface area contributed by atoms with Gasteiger partial charge in [0.15, 0.2) is 0 Å². The molecule has 0 aliphatic rings. The number of hydrogen-bond donors (Lipinski definition) is 2. The monoisotopic (exact) mass is 284 g/mol. The van der Waals surface area contributed by atoms with Crippen LogP contribution in [0.25, 0.3) is 0 Å². The summed E-state index contributed by atoms with van der Waals surface area (Å²) in [5, 5.41) is 6.69. The lowest BCUT2D eigenvalue weighted by molar-refractivity contribution is 0.868. The summed E-state index contributed by atoms with van der Waals surface area (Å²) in [6.45, 7) is 9.37. The van der Waals surface area contributed by atoms with Crippen LogP contribution in [-0.4, -0.2) is 16.5 Å². The predicted octanol–water partition coefficient (Wildman–Crippen LogP) is 4.34. The summed E-state index contributed by atoms with van der Waals surface area (Å²) in [6, 6.07) is 10.3. The Balaban J connectivity index is 2.32. The van der Waals surface area contributed by atoms with Gasteiger partial charge in [-0.25, -0.2) is 9.97 Å². The summed E-state index contributed by atoms with van der Waals surface area (Å²) < 4.78 is 0. The van der Waals surface area contributed by atoms with Gasteiger partial charge in [0.2, 0.25) is 0 Å².